The number of rotatable bonds is 4. The smallest absolute Gasteiger partial charge is 0.393 e. The molecule has 1 amide bonds. The summed E-state index contributed by atoms with van der Waals surface area (Å²) in [6.45, 7) is 3.80. The van der Waals surface area contributed by atoms with Gasteiger partial charge in [0.15, 0.2) is 0 Å². The maximum Gasteiger partial charge on any atom is 0.417 e. The first-order chi connectivity index (χ1) is 13.7. The molecular formula is C21H24ClF3N2O2. The molecule has 1 unspecified atom stereocenters. The minimum Gasteiger partial charge on any atom is -0.393 e. The third-order valence-corrected chi connectivity index (χ3v) is 4.79. The number of carbonyl (C=O) groups is 1. The van der Waals surface area contributed by atoms with Gasteiger partial charge in [0.25, 0.3) is 0 Å². The molecule has 3 N–H and O–H groups in total. The molecule has 0 saturated heterocycles. The Labute approximate surface area is 173 Å². The molecule has 0 saturated carbocycles. The van der Waals surface area contributed by atoms with Crippen LogP contribution in [-0.4, -0.2) is 23.7 Å². The molecule has 2 aromatic rings. The van der Waals surface area contributed by atoms with Gasteiger partial charge >= 0.3 is 6.18 Å². The fourth-order valence-electron chi connectivity index (χ4n) is 3.12. The number of benzene rings is 2. The van der Waals surface area contributed by atoms with E-state index in [1.807, 2.05) is 26.0 Å². The molecule has 29 heavy (non-hydrogen) atoms. The van der Waals surface area contributed by atoms with Crippen molar-refractivity contribution in [3.63, 3.8) is 0 Å². The molecule has 0 fully saturated rings. The van der Waals surface area contributed by atoms with Crippen LogP contribution in [0.4, 0.5) is 24.5 Å². The SMILES string of the molecule is CC.O=C(CNc1ccc(Cl)c(C(F)(F)F)c1)Nc1cccc2c1CC(O)CC2. The molecule has 1 aliphatic rings. The Morgan fingerprint density at radius 3 is 2.66 bits per heavy atom. The van der Waals surface area contributed by atoms with E-state index in [2.05, 4.69) is 10.6 Å². The van der Waals surface area contributed by atoms with E-state index >= 15 is 0 Å². The topological polar surface area (TPSA) is 61.4 Å². The molecule has 0 spiro atoms. The van der Waals surface area contributed by atoms with Gasteiger partial charge in [-0.05, 0) is 48.2 Å². The number of fused-ring (bicyclic) bond motifs is 1. The van der Waals surface area contributed by atoms with Gasteiger partial charge < -0.3 is 15.7 Å². The Bertz CT molecular complexity index is 856. The molecule has 0 heterocycles. The summed E-state index contributed by atoms with van der Waals surface area (Å²) in [7, 11) is 0. The third-order valence-electron chi connectivity index (χ3n) is 4.46. The highest BCUT2D eigenvalue weighted by Gasteiger charge is 2.33. The van der Waals surface area contributed by atoms with Gasteiger partial charge in [-0.25, -0.2) is 0 Å². The monoisotopic (exact) mass is 428 g/mol. The molecule has 158 valence electrons. The van der Waals surface area contributed by atoms with Crippen molar-refractivity contribution in [1.82, 2.24) is 0 Å². The van der Waals surface area contributed by atoms with Gasteiger partial charge in [0.05, 0.1) is 23.2 Å². The summed E-state index contributed by atoms with van der Waals surface area (Å²) in [5.41, 5.74) is 1.78. The number of aryl methyl sites for hydroxylation is 1. The zero-order chi connectivity index (χ0) is 21.6. The average molecular weight is 429 g/mol. The summed E-state index contributed by atoms with van der Waals surface area (Å²) >= 11 is 5.58. The van der Waals surface area contributed by atoms with Crippen molar-refractivity contribution >= 4 is 28.9 Å². The molecule has 8 heteroatoms. The minimum absolute atomic E-state index is 0.146. The highest BCUT2D eigenvalue weighted by Crippen LogP contribution is 2.36. The van der Waals surface area contributed by atoms with Gasteiger partial charge in [-0.2, -0.15) is 13.2 Å². The van der Waals surface area contributed by atoms with Crippen LogP contribution < -0.4 is 10.6 Å². The summed E-state index contributed by atoms with van der Waals surface area (Å²) in [6, 6.07) is 8.93. The van der Waals surface area contributed by atoms with E-state index in [-0.39, 0.29) is 12.2 Å². The van der Waals surface area contributed by atoms with Crippen LogP contribution in [0.15, 0.2) is 36.4 Å². The minimum atomic E-state index is -4.57. The van der Waals surface area contributed by atoms with E-state index in [1.165, 1.54) is 6.07 Å². The molecule has 2 aromatic carbocycles. The Kier molecular flexibility index (Phi) is 7.93. The van der Waals surface area contributed by atoms with Gasteiger partial charge in [0.2, 0.25) is 5.91 Å². The van der Waals surface area contributed by atoms with Crippen molar-refractivity contribution in [3.8, 4) is 0 Å². The molecule has 0 bridgehead atoms. The predicted molar refractivity (Wildman–Crippen MR) is 109 cm³/mol. The van der Waals surface area contributed by atoms with E-state index in [9.17, 15) is 23.1 Å². The Morgan fingerprint density at radius 1 is 1.24 bits per heavy atom. The third kappa shape index (κ3) is 6.11. The number of hydrogen-bond acceptors (Lipinski definition) is 3. The van der Waals surface area contributed by atoms with E-state index in [1.54, 1.807) is 6.07 Å². The van der Waals surface area contributed by atoms with Crippen LogP contribution in [0.3, 0.4) is 0 Å². The number of alkyl halides is 3. The molecule has 4 nitrogen and oxygen atoms in total. The normalized spacial score (nSPS) is 15.6. The van der Waals surface area contributed by atoms with Crippen molar-refractivity contribution in [2.75, 3.05) is 17.2 Å². The molecule has 1 aliphatic carbocycles. The van der Waals surface area contributed by atoms with Crippen LogP contribution in [0, 0.1) is 0 Å². The van der Waals surface area contributed by atoms with Crippen molar-refractivity contribution in [3.05, 3.63) is 58.1 Å². The number of anilines is 2. The Hall–Kier alpha value is -2.25. The first kappa shape index (κ1) is 23.0. The fraction of sp³-hybridized carbons (Fsp3) is 0.381. The summed E-state index contributed by atoms with van der Waals surface area (Å²) < 4.78 is 38.7. The highest BCUT2D eigenvalue weighted by atomic mass is 35.5. The fourth-order valence-corrected chi connectivity index (χ4v) is 3.34. The first-order valence-electron chi connectivity index (χ1n) is 9.43. The van der Waals surface area contributed by atoms with Crippen LogP contribution in [0.1, 0.15) is 37.0 Å². The summed E-state index contributed by atoms with van der Waals surface area (Å²) in [5, 5.41) is 14.9. The zero-order valence-electron chi connectivity index (χ0n) is 16.2. The number of nitrogens with one attached hydrogen (secondary N) is 2. The number of hydrogen-bond donors (Lipinski definition) is 3. The second-order valence-corrected chi connectivity index (χ2v) is 6.84. The molecule has 1 atom stereocenters. The molecular weight excluding hydrogens is 405 g/mol. The van der Waals surface area contributed by atoms with Crippen LogP contribution in [0.25, 0.3) is 0 Å². The van der Waals surface area contributed by atoms with Crippen molar-refractivity contribution in [2.45, 2.75) is 45.4 Å². The van der Waals surface area contributed by atoms with Crippen LogP contribution in [-0.2, 0) is 23.8 Å². The quantitative estimate of drug-likeness (QED) is 0.620. The number of amides is 1. The van der Waals surface area contributed by atoms with Crippen molar-refractivity contribution < 1.29 is 23.1 Å². The summed E-state index contributed by atoms with van der Waals surface area (Å²) in [5.74, 6) is -0.396. The van der Waals surface area contributed by atoms with E-state index < -0.39 is 28.8 Å². The first-order valence-corrected chi connectivity index (χ1v) is 9.81. The predicted octanol–water partition coefficient (Wildman–Crippen LogP) is 5.29. The van der Waals surface area contributed by atoms with Crippen LogP contribution in [0.5, 0.6) is 0 Å². The van der Waals surface area contributed by atoms with E-state index in [0.29, 0.717) is 18.5 Å². The molecule has 3 rings (SSSR count). The second-order valence-electron chi connectivity index (χ2n) is 6.43. The van der Waals surface area contributed by atoms with Gasteiger partial charge in [0, 0.05) is 17.8 Å². The molecule has 0 aliphatic heterocycles. The number of aliphatic hydroxyl groups excluding tert-OH is 1. The lowest BCUT2D eigenvalue weighted by Crippen LogP contribution is -2.25. The van der Waals surface area contributed by atoms with Gasteiger partial charge in [-0.15, -0.1) is 0 Å². The van der Waals surface area contributed by atoms with Crippen LogP contribution in [0.2, 0.25) is 5.02 Å². The van der Waals surface area contributed by atoms with Gasteiger partial charge in [-0.1, -0.05) is 37.6 Å². The number of carbonyl (C=O) groups excluding carboxylic acids is 1. The number of aliphatic hydroxyl groups is 1. The van der Waals surface area contributed by atoms with Crippen molar-refractivity contribution in [1.29, 1.82) is 0 Å². The van der Waals surface area contributed by atoms with Crippen molar-refractivity contribution in [2.24, 2.45) is 0 Å². The Balaban J connectivity index is 0.00000145. The summed E-state index contributed by atoms with van der Waals surface area (Å²) in [4.78, 5) is 12.2. The van der Waals surface area contributed by atoms with Crippen LogP contribution >= 0.6 is 11.6 Å². The largest absolute Gasteiger partial charge is 0.417 e. The zero-order valence-corrected chi connectivity index (χ0v) is 17.0. The maximum absolute atomic E-state index is 12.9. The lowest BCUT2D eigenvalue weighted by molar-refractivity contribution is -0.137. The number of halogens is 4. The maximum atomic E-state index is 12.9. The van der Waals surface area contributed by atoms with E-state index in [0.717, 1.165) is 29.7 Å². The standard InChI is InChI=1S/C19H18ClF3N2O2.C2H6/c20-16-7-5-12(8-15(16)19(21,22)23)24-10-18(27)25-17-3-1-2-11-4-6-13(26)9-14(11)17;1-2/h1-3,5,7-8,13,24,26H,4,6,9-10H2,(H,25,27);1-2H3. The lowest BCUT2D eigenvalue weighted by atomic mass is 9.88. The highest BCUT2D eigenvalue weighted by molar-refractivity contribution is 6.31. The lowest BCUT2D eigenvalue weighted by Gasteiger charge is -2.23. The molecule has 0 aromatic heterocycles. The van der Waals surface area contributed by atoms with Gasteiger partial charge in [0.1, 0.15) is 0 Å². The van der Waals surface area contributed by atoms with Gasteiger partial charge in [-0.3, -0.25) is 4.79 Å². The molecule has 0 radical (unpaired) electrons. The Morgan fingerprint density at radius 2 is 1.97 bits per heavy atom. The average Bonchev–Trinajstić information content (AvgIpc) is 2.68. The van der Waals surface area contributed by atoms with E-state index in [4.69, 9.17) is 11.6 Å². The summed E-state index contributed by atoms with van der Waals surface area (Å²) in [6.07, 6.45) is -3.12. The second kappa shape index (κ2) is 9.98.